The zero-order valence-corrected chi connectivity index (χ0v) is 65.9. The number of carbonyl (C=O) groups excluding carboxylic acids is 4. The van der Waals surface area contributed by atoms with Crippen molar-refractivity contribution in [3.05, 3.63) is 24.3 Å². The van der Waals surface area contributed by atoms with Crippen molar-refractivity contribution in [2.45, 2.75) is 419 Å². The highest BCUT2D eigenvalue weighted by atomic mass is 31.2. The molecule has 0 heterocycles. The van der Waals surface area contributed by atoms with Crippen molar-refractivity contribution in [3.8, 4) is 0 Å². The van der Waals surface area contributed by atoms with Gasteiger partial charge in [0.1, 0.15) is 19.3 Å². The molecule has 0 amide bonds. The van der Waals surface area contributed by atoms with E-state index in [1.54, 1.807) is 0 Å². The number of aliphatic hydroxyl groups excluding tert-OH is 1. The lowest BCUT2D eigenvalue weighted by Crippen LogP contribution is -2.30. The van der Waals surface area contributed by atoms with Crippen LogP contribution in [0.5, 0.6) is 0 Å². The number of rotatable bonds is 78. The number of phosphoric acid groups is 2. The highest BCUT2D eigenvalue weighted by molar-refractivity contribution is 7.47. The number of phosphoric ester groups is 2. The summed E-state index contributed by atoms with van der Waals surface area (Å²) in [5.41, 5.74) is 0. The summed E-state index contributed by atoms with van der Waals surface area (Å²) >= 11 is 0. The molecule has 0 aromatic heterocycles. The first kappa shape index (κ1) is 96.5. The van der Waals surface area contributed by atoms with Crippen molar-refractivity contribution in [1.29, 1.82) is 0 Å². The zero-order valence-electron chi connectivity index (χ0n) is 64.1. The summed E-state index contributed by atoms with van der Waals surface area (Å²) in [4.78, 5) is 72.9. The molecule has 584 valence electrons. The van der Waals surface area contributed by atoms with Crippen LogP contribution in [0.2, 0.25) is 0 Å². The average molecular weight is 1450 g/mol. The van der Waals surface area contributed by atoms with Crippen LogP contribution in [-0.2, 0) is 65.4 Å². The second-order valence-electron chi connectivity index (χ2n) is 28.6. The number of unbranched alkanes of at least 4 members (excludes halogenated alkanes) is 47. The van der Waals surface area contributed by atoms with Crippen LogP contribution in [0.25, 0.3) is 0 Å². The van der Waals surface area contributed by atoms with Gasteiger partial charge >= 0.3 is 39.5 Å². The van der Waals surface area contributed by atoms with Gasteiger partial charge in [0.15, 0.2) is 12.2 Å². The second kappa shape index (κ2) is 72.5. The van der Waals surface area contributed by atoms with Crippen LogP contribution < -0.4 is 0 Å². The maximum absolute atomic E-state index is 13.1. The Morgan fingerprint density at radius 3 is 0.828 bits per heavy atom. The largest absolute Gasteiger partial charge is 0.472 e. The molecule has 17 nitrogen and oxygen atoms in total. The molecular formula is C80H152O17P2. The van der Waals surface area contributed by atoms with Gasteiger partial charge in [-0.3, -0.25) is 37.3 Å². The summed E-state index contributed by atoms with van der Waals surface area (Å²) in [5.74, 6) is -1.34. The Kier molecular flexibility index (Phi) is 70.7. The predicted octanol–water partition coefficient (Wildman–Crippen LogP) is 23.6. The Labute approximate surface area is 605 Å². The molecule has 0 aliphatic heterocycles. The lowest BCUT2D eigenvalue weighted by Gasteiger charge is -2.21. The number of hydrogen-bond acceptors (Lipinski definition) is 15. The van der Waals surface area contributed by atoms with E-state index in [-0.39, 0.29) is 25.7 Å². The van der Waals surface area contributed by atoms with Crippen molar-refractivity contribution < 1.29 is 80.2 Å². The molecule has 0 radical (unpaired) electrons. The highest BCUT2D eigenvalue weighted by Gasteiger charge is 2.30. The van der Waals surface area contributed by atoms with E-state index in [4.69, 9.17) is 37.0 Å². The Bertz CT molecular complexity index is 1990. The number of hydrogen-bond donors (Lipinski definition) is 3. The number of aliphatic hydroxyl groups is 1. The van der Waals surface area contributed by atoms with Crippen molar-refractivity contribution in [3.63, 3.8) is 0 Å². The molecular weight excluding hydrogens is 1290 g/mol. The average Bonchev–Trinajstić information content (AvgIpc) is 1.04. The van der Waals surface area contributed by atoms with Gasteiger partial charge in [-0.15, -0.1) is 0 Å². The van der Waals surface area contributed by atoms with Crippen LogP contribution in [-0.4, -0.2) is 96.7 Å². The molecule has 0 saturated carbocycles. The molecule has 0 spiro atoms. The van der Waals surface area contributed by atoms with Gasteiger partial charge in [-0.2, -0.15) is 0 Å². The summed E-state index contributed by atoms with van der Waals surface area (Å²) in [5, 5.41) is 10.6. The molecule has 19 heteroatoms. The van der Waals surface area contributed by atoms with Gasteiger partial charge in [0.05, 0.1) is 26.4 Å². The standard InChI is InChI=1S/C80H152O17P2/c1-6-9-12-15-18-21-23-25-27-28-29-33-36-40-44-49-54-59-64-78(83)91-70-76(97-80(85)66-61-56-51-46-42-38-34-30-32-35-39-43-47-52-57-62-73(4)5)72-95-99(88,89)93-68-74(81)67-92-98(86,87)94-71-75(69-90-77(82)63-58-53-48-20-17-14-11-8-3)96-79(84)65-60-55-50-45-41-37-31-26-24-22-19-16-13-10-7-2/h22,24,26,31,73-76,81H,6-21,23,25,27-30,32-72H2,1-5H3,(H,86,87)(H,88,89)/b24-22-,31-26-/t74-,75+,76+/m0/s1. The van der Waals surface area contributed by atoms with E-state index in [9.17, 15) is 43.2 Å². The summed E-state index contributed by atoms with van der Waals surface area (Å²) < 4.78 is 68.6. The first-order valence-corrected chi connectivity index (χ1v) is 43.9. The number of carbonyl (C=O) groups is 4. The molecule has 3 N–H and O–H groups in total. The summed E-state index contributed by atoms with van der Waals surface area (Å²) in [6.45, 7) is 7.25. The molecule has 0 bridgehead atoms. The SMILES string of the molecule is CCCCCC/C=C\C=C/CCCCCCCC(=O)O[C@H](COC(=O)CCCCCCCCCC)COP(=O)(O)OC[C@H](O)COP(=O)(O)OC[C@@H](COC(=O)CCCCCCCCCCCCCCCCCCCC)OC(=O)CCCCCCCCCCCCCCCCCC(C)C. The van der Waals surface area contributed by atoms with Crippen molar-refractivity contribution in [2.75, 3.05) is 39.6 Å². The van der Waals surface area contributed by atoms with Gasteiger partial charge in [0.2, 0.25) is 0 Å². The summed E-state index contributed by atoms with van der Waals surface area (Å²) in [7, 11) is -9.93. The molecule has 0 aliphatic carbocycles. The minimum absolute atomic E-state index is 0.0852. The van der Waals surface area contributed by atoms with Crippen LogP contribution in [0.1, 0.15) is 401 Å². The molecule has 0 aliphatic rings. The molecule has 0 aromatic rings. The molecule has 0 saturated heterocycles. The number of ether oxygens (including phenoxy) is 4. The van der Waals surface area contributed by atoms with Gasteiger partial charge in [0.25, 0.3) is 0 Å². The van der Waals surface area contributed by atoms with Crippen LogP contribution in [0.3, 0.4) is 0 Å². The molecule has 99 heavy (non-hydrogen) atoms. The quantitative estimate of drug-likeness (QED) is 0.0169. The lowest BCUT2D eigenvalue weighted by molar-refractivity contribution is -0.161. The third-order valence-corrected chi connectivity index (χ3v) is 20.1. The zero-order chi connectivity index (χ0) is 72.7. The minimum atomic E-state index is -4.96. The highest BCUT2D eigenvalue weighted by Crippen LogP contribution is 2.45. The van der Waals surface area contributed by atoms with Crippen molar-refractivity contribution in [1.82, 2.24) is 0 Å². The third-order valence-electron chi connectivity index (χ3n) is 18.2. The Hall–Kier alpha value is -2.46. The van der Waals surface area contributed by atoms with E-state index in [2.05, 4.69) is 58.9 Å². The molecule has 0 rings (SSSR count). The van der Waals surface area contributed by atoms with Gasteiger partial charge in [-0.1, -0.05) is 348 Å². The van der Waals surface area contributed by atoms with Crippen LogP contribution in [0.15, 0.2) is 24.3 Å². The molecule has 0 fully saturated rings. The van der Waals surface area contributed by atoms with E-state index in [1.165, 1.54) is 205 Å². The fraction of sp³-hybridized carbons (Fsp3) is 0.900. The van der Waals surface area contributed by atoms with Crippen molar-refractivity contribution in [2.24, 2.45) is 5.92 Å². The Morgan fingerprint density at radius 1 is 0.313 bits per heavy atom. The van der Waals surface area contributed by atoms with Crippen LogP contribution in [0, 0.1) is 5.92 Å². The first-order valence-electron chi connectivity index (χ1n) is 41.0. The summed E-state index contributed by atoms with van der Waals surface area (Å²) in [6.07, 6.45) is 66.1. The Balaban J connectivity index is 5.23. The van der Waals surface area contributed by atoms with E-state index in [0.717, 1.165) is 115 Å². The van der Waals surface area contributed by atoms with Gasteiger partial charge in [-0.25, -0.2) is 9.13 Å². The maximum Gasteiger partial charge on any atom is 0.472 e. The van der Waals surface area contributed by atoms with E-state index < -0.39 is 97.5 Å². The monoisotopic (exact) mass is 1450 g/mol. The fourth-order valence-electron chi connectivity index (χ4n) is 11.9. The van der Waals surface area contributed by atoms with E-state index in [1.807, 2.05) is 0 Å². The topological polar surface area (TPSA) is 237 Å². The van der Waals surface area contributed by atoms with Crippen LogP contribution in [0.4, 0.5) is 0 Å². The molecule has 2 unspecified atom stereocenters. The summed E-state index contributed by atoms with van der Waals surface area (Å²) in [6, 6.07) is 0. The third kappa shape index (κ3) is 73.6. The van der Waals surface area contributed by atoms with Gasteiger partial charge < -0.3 is 33.8 Å². The van der Waals surface area contributed by atoms with E-state index >= 15 is 0 Å². The normalized spacial score (nSPS) is 14.0. The molecule has 0 aromatic carbocycles. The predicted molar refractivity (Wildman–Crippen MR) is 404 cm³/mol. The number of esters is 4. The van der Waals surface area contributed by atoms with Crippen molar-refractivity contribution >= 4 is 39.5 Å². The van der Waals surface area contributed by atoms with E-state index in [0.29, 0.717) is 25.7 Å². The lowest BCUT2D eigenvalue weighted by atomic mass is 10.0. The fourth-order valence-corrected chi connectivity index (χ4v) is 13.4. The van der Waals surface area contributed by atoms with Gasteiger partial charge in [0, 0.05) is 25.7 Å². The minimum Gasteiger partial charge on any atom is -0.462 e. The number of allylic oxidation sites excluding steroid dienone is 4. The maximum atomic E-state index is 13.1. The Morgan fingerprint density at radius 2 is 0.545 bits per heavy atom. The second-order valence-corrected chi connectivity index (χ2v) is 31.5. The van der Waals surface area contributed by atoms with Gasteiger partial charge in [-0.05, 0) is 57.3 Å². The first-order chi connectivity index (χ1) is 48.0. The molecule has 5 atom stereocenters. The van der Waals surface area contributed by atoms with Crippen LogP contribution >= 0.6 is 15.6 Å². The smallest absolute Gasteiger partial charge is 0.462 e.